The van der Waals surface area contributed by atoms with E-state index in [4.69, 9.17) is 0 Å². The minimum atomic E-state index is -0.376. The molecule has 0 spiro atoms. The van der Waals surface area contributed by atoms with Crippen molar-refractivity contribution in [1.29, 1.82) is 0 Å². The molecule has 1 saturated carbocycles. The van der Waals surface area contributed by atoms with Crippen molar-refractivity contribution in [1.82, 2.24) is 0 Å². The fourth-order valence-corrected chi connectivity index (χ4v) is 3.16. The molecule has 4 rings (SSSR count). The highest BCUT2D eigenvalue weighted by Crippen LogP contribution is 2.42. The lowest BCUT2D eigenvalue weighted by molar-refractivity contribution is 0.102. The summed E-state index contributed by atoms with van der Waals surface area (Å²) in [5.41, 5.74) is 3.24. The summed E-state index contributed by atoms with van der Waals surface area (Å²) in [5.74, 6) is -0.116. The first-order chi connectivity index (χ1) is 12.7. The number of carbonyl (C=O) groups excluding carboxylic acids is 1. The Morgan fingerprint density at radius 2 is 1.65 bits per heavy atom. The molecule has 0 aliphatic heterocycles. The smallest absolute Gasteiger partial charge is 0.255 e. The lowest BCUT2D eigenvalue weighted by Gasteiger charge is -2.09. The van der Waals surface area contributed by atoms with Crippen LogP contribution in [0.3, 0.4) is 0 Å². The monoisotopic (exact) mass is 346 g/mol. The predicted octanol–water partition coefficient (Wildman–Crippen LogP) is 5.05. The van der Waals surface area contributed by atoms with Gasteiger partial charge in [0.1, 0.15) is 5.82 Å². The maximum atomic E-state index is 13.2. The summed E-state index contributed by atoms with van der Waals surface area (Å²) in [6, 6.07) is 24.1. The highest BCUT2D eigenvalue weighted by Gasteiger charge is 2.38. The molecule has 1 aliphatic rings. The zero-order valence-corrected chi connectivity index (χ0v) is 14.2. The van der Waals surface area contributed by atoms with Gasteiger partial charge in [-0.15, -0.1) is 0 Å². The van der Waals surface area contributed by atoms with E-state index in [-0.39, 0.29) is 11.7 Å². The van der Waals surface area contributed by atoms with E-state index < -0.39 is 0 Å². The molecule has 1 amide bonds. The molecule has 3 aromatic rings. The van der Waals surface area contributed by atoms with Crippen LogP contribution in [0.1, 0.15) is 28.3 Å². The molecular weight excluding hydrogens is 327 g/mol. The van der Waals surface area contributed by atoms with Gasteiger partial charge >= 0.3 is 0 Å². The standard InChI is InChI=1S/C22H19FN2O/c23-17-9-5-11-19(13-17)25-22(26)16-8-4-10-18(12-16)24-21-14-20(21)15-6-2-1-3-7-15/h1-13,20-21,24H,14H2,(H,25,26)/t20-,21+/m1/s1. The van der Waals surface area contributed by atoms with Crippen LogP contribution in [0.4, 0.5) is 15.8 Å². The number of rotatable bonds is 5. The Hall–Kier alpha value is -3.14. The number of hydrogen-bond acceptors (Lipinski definition) is 2. The summed E-state index contributed by atoms with van der Waals surface area (Å²) in [7, 11) is 0. The number of benzene rings is 3. The third-order valence-electron chi connectivity index (χ3n) is 4.58. The second kappa shape index (κ2) is 7.00. The van der Waals surface area contributed by atoms with Crippen LogP contribution in [0.15, 0.2) is 78.9 Å². The van der Waals surface area contributed by atoms with Crippen molar-refractivity contribution in [2.24, 2.45) is 0 Å². The topological polar surface area (TPSA) is 41.1 Å². The number of nitrogens with one attached hydrogen (secondary N) is 2. The predicted molar refractivity (Wildman–Crippen MR) is 102 cm³/mol. The summed E-state index contributed by atoms with van der Waals surface area (Å²) in [5, 5.41) is 6.22. The zero-order chi connectivity index (χ0) is 17.9. The van der Waals surface area contributed by atoms with Crippen LogP contribution in [0.5, 0.6) is 0 Å². The maximum absolute atomic E-state index is 13.2. The molecule has 0 radical (unpaired) electrons. The Bertz CT molecular complexity index is 926. The molecule has 2 atom stereocenters. The van der Waals surface area contributed by atoms with Crippen molar-refractivity contribution in [3.8, 4) is 0 Å². The molecule has 0 heterocycles. The van der Waals surface area contributed by atoms with Gasteiger partial charge in [0, 0.05) is 28.9 Å². The third-order valence-corrected chi connectivity index (χ3v) is 4.58. The van der Waals surface area contributed by atoms with E-state index in [1.807, 2.05) is 24.3 Å². The van der Waals surface area contributed by atoms with Crippen molar-refractivity contribution in [3.63, 3.8) is 0 Å². The molecule has 0 saturated heterocycles. The molecule has 3 nitrogen and oxygen atoms in total. The Morgan fingerprint density at radius 1 is 0.885 bits per heavy atom. The summed E-state index contributed by atoms with van der Waals surface area (Å²) in [6.45, 7) is 0. The molecule has 0 unspecified atom stereocenters. The van der Waals surface area contributed by atoms with E-state index in [2.05, 4.69) is 34.9 Å². The summed E-state index contributed by atoms with van der Waals surface area (Å²) >= 11 is 0. The number of carbonyl (C=O) groups is 1. The molecule has 4 heteroatoms. The number of anilines is 2. The maximum Gasteiger partial charge on any atom is 0.255 e. The Morgan fingerprint density at radius 3 is 2.46 bits per heavy atom. The van der Waals surface area contributed by atoms with Crippen molar-refractivity contribution >= 4 is 17.3 Å². The van der Waals surface area contributed by atoms with E-state index in [9.17, 15) is 9.18 Å². The highest BCUT2D eigenvalue weighted by molar-refractivity contribution is 6.04. The van der Waals surface area contributed by atoms with Gasteiger partial charge in [0.05, 0.1) is 0 Å². The quantitative estimate of drug-likeness (QED) is 0.679. The fourth-order valence-electron chi connectivity index (χ4n) is 3.16. The van der Waals surface area contributed by atoms with Gasteiger partial charge in [-0.25, -0.2) is 4.39 Å². The van der Waals surface area contributed by atoms with Crippen LogP contribution in [0.25, 0.3) is 0 Å². The van der Waals surface area contributed by atoms with Crippen LogP contribution in [0, 0.1) is 5.82 Å². The number of halogens is 1. The van der Waals surface area contributed by atoms with Gasteiger partial charge in [-0.1, -0.05) is 42.5 Å². The van der Waals surface area contributed by atoms with Gasteiger partial charge in [-0.2, -0.15) is 0 Å². The SMILES string of the molecule is O=C(Nc1cccc(F)c1)c1cccc(N[C@H]2C[C@@H]2c2ccccc2)c1. The van der Waals surface area contributed by atoms with Gasteiger partial charge < -0.3 is 10.6 Å². The lowest BCUT2D eigenvalue weighted by atomic mass is 10.1. The van der Waals surface area contributed by atoms with Crippen LogP contribution in [-0.4, -0.2) is 11.9 Å². The molecular formula is C22H19FN2O. The van der Waals surface area contributed by atoms with Gasteiger partial charge in [0.25, 0.3) is 5.91 Å². The third kappa shape index (κ3) is 3.75. The molecule has 0 bridgehead atoms. The minimum absolute atomic E-state index is 0.255. The Balaban J connectivity index is 1.41. The second-order valence-corrected chi connectivity index (χ2v) is 6.55. The van der Waals surface area contributed by atoms with E-state index in [1.165, 1.54) is 17.7 Å². The first kappa shape index (κ1) is 16.3. The molecule has 26 heavy (non-hydrogen) atoms. The van der Waals surface area contributed by atoms with Crippen LogP contribution >= 0.6 is 0 Å². The van der Waals surface area contributed by atoms with Gasteiger partial charge in [-0.3, -0.25) is 4.79 Å². The molecule has 1 aliphatic carbocycles. The molecule has 130 valence electrons. The highest BCUT2D eigenvalue weighted by atomic mass is 19.1. The zero-order valence-electron chi connectivity index (χ0n) is 14.2. The number of hydrogen-bond donors (Lipinski definition) is 2. The van der Waals surface area contributed by atoms with Gasteiger partial charge in [-0.05, 0) is 48.4 Å². The Kier molecular flexibility index (Phi) is 4.40. The van der Waals surface area contributed by atoms with Crippen LogP contribution in [0.2, 0.25) is 0 Å². The van der Waals surface area contributed by atoms with Gasteiger partial charge in [0.15, 0.2) is 0 Å². The minimum Gasteiger partial charge on any atom is -0.382 e. The first-order valence-electron chi connectivity index (χ1n) is 8.67. The van der Waals surface area contributed by atoms with Crippen molar-refractivity contribution < 1.29 is 9.18 Å². The summed E-state index contributed by atoms with van der Waals surface area (Å²) < 4.78 is 13.2. The fraction of sp³-hybridized carbons (Fsp3) is 0.136. The van der Waals surface area contributed by atoms with E-state index >= 15 is 0 Å². The normalized spacial score (nSPS) is 18.2. The lowest BCUT2D eigenvalue weighted by Crippen LogP contribution is -2.13. The van der Waals surface area contributed by atoms with Gasteiger partial charge in [0.2, 0.25) is 0 Å². The van der Waals surface area contributed by atoms with E-state index in [0.29, 0.717) is 23.2 Å². The largest absolute Gasteiger partial charge is 0.382 e. The van der Waals surface area contributed by atoms with Crippen molar-refractivity contribution in [3.05, 3.63) is 95.8 Å². The molecule has 0 aromatic heterocycles. The second-order valence-electron chi connectivity index (χ2n) is 6.55. The van der Waals surface area contributed by atoms with Crippen LogP contribution in [-0.2, 0) is 0 Å². The summed E-state index contributed by atoms with van der Waals surface area (Å²) in [4.78, 5) is 12.4. The van der Waals surface area contributed by atoms with E-state index in [0.717, 1.165) is 12.1 Å². The van der Waals surface area contributed by atoms with Crippen molar-refractivity contribution in [2.45, 2.75) is 18.4 Å². The molecule has 2 N–H and O–H groups in total. The van der Waals surface area contributed by atoms with Crippen molar-refractivity contribution in [2.75, 3.05) is 10.6 Å². The van der Waals surface area contributed by atoms with E-state index in [1.54, 1.807) is 18.2 Å². The number of amides is 1. The average molecular weight is 346 g/mol. The average Bonchev–Trinajstić information content (AvgIpc) is 3.42. The first-order valence-corrected chi connectivity index (χ1v) is 8.67. The van der Waals surface area contributed by atoms with Crippen LogP contribution < -0.4 is 10.6 Å². The molecule has 3 aromatic carbocycles. The summed E-state index contributed by atoms with van der Waals surface area (Å²) in [6.07, 6.45) is 1.09. The molecule has 1 fully saturated rings. The Labute approximate surface area is 151 Å².